The molecule has 3 aromatic carbocycles. The van der Waals surface area contributed by atoms with Crippen molar-refractivity contribution in [2.75, 3.05) is 12.4 Å². The molecule has 1 aromatic heterocycles. The highest BCUT2D eigenvalue weighted by Crippen LogP contribution is 2.26. The number of amides is 3. The van der Waals surface area contributed by atoms with Crippen molar-refractivity contribution in [3.05, 3.63) is 99.9 Å². The Labute approximate surface area is 181 Å². The van der Waals surface area contributed by atoms with E-state index in [4.69, 9.17) is 4.42 Å². The van der Waals surface area contributed by atoms with Crippen LogP contribution in [0.3, 0.4) is 0 Å². The third-order valence-corrected chi connectivity index (χ3v) is 5.45. The molecule has 0 unspecified atom stereocenters. The summed E-state index contributed by atoms with van der Waals surface area (Å²) >= 11 is 0. The lowest BCUT2D eigenvalue weighted by molar-refractivity contribution is 0.0692. The van der Waals surface area contributed by atoms with Crippen LogP contribution in [0.5, 0.6) is 0 Å². The van der Waals surface area contributed by atoms with Crippen LogP contribution in [-0.2, 0) is 0 Å². The van der Waals surface area contributed by atoms with Crippen molar-refractivity contribution in [1.29, 1.82) is 0 Å². The van der Waals surface area contributed by atoms with E-state index in [9.17, 15) is 19.2 Å². The maximum atomic E-state index is 12.7. The van der Waals surface area contributed by atoms with E-state index in [-0.39, 0.29) is 17.4 Å². The molecule has 0 aliphatic carbocycles. The highest BCUT2D eigenvalue weighted by molar-refractivity contribution is 6.21. The first kappa shape index (κ1) is 19.4. The molecule has 2 heterocycles. The molecule has 0 spiro atoms. The van der Waals surface area contributed by atoms with E-state index in [0.717, 1.165) is 10.3 Å². The maximum Gasteiger partial charge on any atom is 0.344 e. The lowest BCUT2D eigenvalue weighted by Crippen LogP contribution is -2.24. The predicted molar refractivity (Wildman–Crippen MR) is 119 cm³/mol. The quantitative estimate of drug-likeness (QED) is 0.397. The first-order chi connectivity index (χ1) is 15.4. The molecule has 156 valence electrons. The van der Waals surface area contributed by atoms with Crippen LogP contribution in [0.1, 0.15) is 31.1 Å². The van der Waals surface area contributed by atoms with E-state index in [0.29, 0.717) is 33.5 Å². The fourth-order valence-electron chi connectivity index (χ4n) is 3.71. The van der Waals surface area contributed by atoms with E-state index in [1.165, 1.54) is 19.2 Å². The van der Waals surface area contributed by atoms with Crippen LogP contribution < -0.4 is 10.9 Å². The number of fused-ring (bicyclic) bond motifs is 2. The molecule has 0 saturated carbocycles. The Bertz CT molecular complexity index is 1480. The predicted octanol–water partition coefficient (Wildman–Crippen LogP) is 3.94. The molecule has 0 atom stereocenters. The Kier molecular flexibility index (Phi) is 4.44. The standard InChI is InChI=1S/C25H16N2O5/c1-27-23(29)18-11-10-17(13-20(18)24(27)30)26-22(28)15-8-6-14(7-9-15)19-12-16-4-2-3-5-21(16)32-25(19)31/h2-13H,1H3,(H,26,28). The summed E-state index contributed by atoms with van der Waals surface area (Å²) in [5, 5.41) is 3.54. The zero-order valence-electron chi connectivity index (χ0n) is 16.9. The molecule has 0 fully saturated rings. The molecule has 4 aromatic rings. The number of nitrogens with zero attached hydrogens (tertiary/aromatic N) is 1. The minimum Gasteiger partial charge on any atom is -0.422 e. The number of hydrogen-bond donors (Lipinski definition) is 1. The summed E-state index contributed by atoms with van der Waals surface area (Å²) in [5.41, 5.74) is 2.44. The molecule has 0 saturated heterocycles. The van der Waals surface area contributed by atoms with Gasteiger partial charge in [-0.3, -0.25) is 19.3 Å². The molecular formula is C25H16N2O5. The molecule has 1 aliphatic rings. The van der Waals surface area contributed by atoms with Gasteiger partial charge in [0.1, 0.15) is 5.58 Å². The molecule has 7 nitrogen and oxygen atoms in total. The van der Waals surface area contributed by atoms with Crippen molar-refractivity contribution in [2.45, 2.75) is 0 Å². The lowest BCUT2D eigenvalue weighted by atomic mass is 10.0. The van der Waals surface area contributed by atoms with Crippen molar-refractivity contribution in [1.82, 2.24) is 4.90 Å². The largest absolute Gasteiger partial charge is 0.422 e. The first-order valence-electron chi connectivity index (χ1n) is 9.83. The summed E-state index contributed by atoms with van der Waals surface area (Å²) < 4.78 is 5.37. The third kappa shape index (κ3) is 3.16. The van der Waals surface area contributed by atoms with Gasteiger partial charge in [-0.25, -0.2) is 4.79 Å². The van der Waals surface area contributed by atoms with Gasteiger partial charge >= 0.3 is 5.63 Å². The number of carbonyl (C=O) groups is 3. The molecule has 3 amide bonds. The summed E-state index contributed by atoms with van der Waals surface area (Å²) in [4.78, 5) is 50.2. The molecule has 32 heavy (non-hydrogen) atoms. The average Bonchev–Trinajstić information content (AvgIpc) is 3.02. The second-order valence-corrected chi connectivity index (χ2v) is 7.45. The SMILES string of the molecule is CN1C(=O)c2ccc(NC(=O)c3ccc(-c4cc5ccccc5oc4=O)cc3)cc2C1=O. The van der Waals surface area contributed by atoms with Gasteiger partial charge in [0.25, 0.3) is 17.7 Å². The minimum absolute atomic E-state index is 0.258. The van der Waals surface area contributed by atoms with Gasteiger partial charge in [-0.05, 0) is 48.0 Å². The van der Waals surface area contributed by atoms with E-state index in [2.05, 4.69) is 5.32 Å². The number of imide groups is 1. The Morgan fingerprint density at radius 2 is 1.53 bits per heavy atom. The minimum atomic E-state index is -0.455. The van der Waals surface area contributed by atoms with Gasteiger partial charge in [0.05, 0.1) is 16.7 Å². The molecule has 1 aliphatic heterocycles. The Morgan fingerprint density at radius 1 is 0.812 bits per heavy atom. The molecule has 5 rings (SSSR count). The number of anilines is 1. The van der Waals surface area contributed by atoms with E-state index < -0.39 is 11.5 Å². The Morgan fingerprint density at radius 3 is 2.31 bits per heavy atom. The fraction of sp³-hybridized carbons (Fsp3) is 0.0400. The molecule has 1 N–H and O–H groups in total. The fourth-order valence-corrected chi connectivity index (χ4v) is 3.71. The molecule has 7 heteroatoms. The second-order valence-electron chi connectivity index (χ2n) is 7.45. The van der Waals surface area contributed by atoms with Gasteiger partial charge in [0.2, 0.25) is 0 Å². The van der Waals surface area contributed by atoms with Crippen molar-refractivity contribution in [3.63, 3.8) is 0 Å². The van der Waals surface area contributed by atoms with Crippen molar-refractivity contribution < 1.29 is 18.8 Å². The van der Waals surface area contributed by atoms with Gasteiger partial charge in [0.15, 0.2) is 0 Å². The monoisotopic (exact) mass is 424 g/mol. The highest BCUT2D eigenvalue weighted by atomic mass is 16.4. The lowest BCUT2D eigenvalue weighted by Gasteiger charge is -2.07. The highest BCUT2D eigenvalue weighted by Gasteiger charge is 2.32. The number of hydrogen-bond acceptors (Lipinski definition) is 5. The average molecular weight is 424 g/mol. The summed E-state index contributed by atoms with van der Waals surface area (Å²) in [5.74, 6) is -1.15. The second kappa shape index (κ2) is 7.31. The first-order valence-corrected chi connectivity index (χ1v) is 9.83. The van der Waals surface area contributed by atoms with E-state index >= 15 is 0 Å². The number of nitrogens with one attached hydrogen (secondary N) is 1. The van der Waals surface area contributed by atoms with Gasteiger partial charge in [0, 0.05) is 23.7 Å². The van der Waals surface area contributed by atoms with Crippen LogP contribution in [-0.4, -0.2) is 29.7 Å². The van der Waals surface area contributed by atoms with Gasteiger partial charge in [-0.1, -0.05) is 30.3 Å². The Hall–Kier alpha value is -4.52. The van der Waals surface area contributed by atoms with Crippen LogP contribution >= 0.6 is 0 Å². The number of benzene rings is 3. The normalized spacial score (nSPS) is 12.8. The molecule has 0 bridgehead atoms. The van der Waals surface area contributed by atoms with E-state index in [1.54, 1.807) is 48.5 Å². The summed E-state index contributed by atoms with van der Waals surface area (Å²) in [7, 11) is 1.42. The third-order valence-electron chi connectivity index (χ3n) is 5.45. The summed E-state index contributed by atoms with van der Waals surface area (Å²) in [6.07, 6.45) is 0. The van der Waals surface area contributed by atoms with Crippen LogP contribution in [0, 0.1) is 0 Å². The topological polar surface area (TPSA) is 96.7 Å². The van der Waals surface area contributed by atoms with Crippen LogP contribution in [0.2, 0.25) is 0 Å². The van der Waals surface area contributed by atoms with Crippen LogP contribution in [0.25, 0.3) is 22.1 Å². The number of para-hydroxylation sites is 1. The smallest absolute Gasteiger partial charge is 0.344 e. The summed E-state index contributed by atoms with van der Waals surface area (Å²) in [6.45, 7) is 0. The van der Waals surface area contributed by atoms with Gasteiger partial charge in [-0.2, -0.15) is 0 Å². The maximum absolute atomic E-state index is 12.7. The van der Waals surface area contributed by atoms with Crippen molar-refractivity contribution in [2.24, 2.45) is 0 Å². The van der Waals surface area contributed by atoms with E-state index in [1.807, 2.05) is 12.1 Å². The number of rotatable bonds is 3. The van der Waals surface area contributed by atoms with Crippen molar-refractivity contribution in [3.8, 4) is 11.1 Å². The number of carbonyl (C=O) groups excluding carboxylic acids is 3. The molecular weight excluding hydrogens is 408 g/mol. The Balaban J connectivity index is 1.39. The van der Waals surface area contributed by atoms with Crippen molar-refractivity contribution >= 4 is 34.4 Å². The summed E-state index contributed by atoms with van der Waals surface area (Å²) in [6, 6.07) is 20.2. The van der Waals surface area contributed by atoms with Gasteiger partial charge < -0.3 is 9.73 Å². The van der Waals surface area contributed by atoms with Gasteiger partial charge in [-0.15, -0.1) is 0 Å². The van der Waals surface area contributed by atoms with Crippen LogP contribution in [0.4, 0.5) is 5.69 Å². The van der Waals surface area contributed by atoms with Crippen LogP contribution in [0.15, 0.2) is 82.0 Å². The zero-order valence-corrected chi connectivity index (χ0v) is 16.9. The molecule has 0 radical (unpaired) electrons. The zero-order chi connectivity index (χ0) is 22.4.